The Labute approximate surface area is 143 Å². The number of aromatic nitrogens is 1. The van der Waals surface area contributed by atoms with Crippen molar-refractivity contribution in [2.24, 2.45) is 5.92 Å². The molecule has 1 aliphatic heterocycles. The molecule has 0 saturated carbocycles. The van der Waals surface area contributed by atoms with Gasteiger partial charge in [-0.25, -0.2) is 0 Å². The zero-order valence-corrected chi connectivity index (χ0v) is 14.2. The predicted octanol–water partition coefficient (Wildman–Crippen LogP) is 2.92. The van der Waals surface area contributed by atoms with Crippen molar-refractivity contribution in [1.82, 2.24) is 15.2 Å². The van der Waals surface area contributed by atoms with E-state index < -0.39 is 0 Å². The fourth-order valence-corrected chi connectivity index (χ4v) is 3.27. The summed E-state index contributed by atoms with van der Waals surface area (Å²) in [6.45, 7) is 5.49. The van der Waals surface area contributed by atoms with Crippen molar-refractivity contribution in [1.29, 1.82) is 0 Å². The van der Waals surface area contributed by atoms with E-state index in [2.05, 4.69) is 46.4 Å². The maximum atomic E-state index is 12.5. The van der Waals surface area contributed by atoms with Crippen LogP contribution in [0.15, 0.2) is 48.7 Å². The molecule has 4 heteroatoms. The number of likely N-dealkylation sites (tertiary alicyclic amines) is 1. The van der Waals surface area contributed by atoms with Crippen molar-refractivity contribution in [3.63, 3.8) is 0 Å². The van der Waals surface area contributed by atoms with Gasteiger partial charge in [0.25, 0.3) is 0 Å². The van der Waals surface area contributed by atoms with Crippen molar-refractivity contribution in [2.75, 3.05) is 13.1 Å². The van der Waals surface area contributed by atoms with Crippen LogP contribution in [0.25, 0.3) is 0 Å². The van der Waals surface area contributed by atoms with Crippen LogP contribution < -0.4 is 5.32 Å². The molecule has 2 aromatic rings. The van der Waals surface area contributed by atoms with Gasteiger partial charge in [-0.2, -0.15) is 0 Å². The number of amides is 1. The standard InChI is InChI=1S/C20H25N3O/c1-16-7-2-3-8-17(16)14-23-12-6-9-18(15-23)20(24)22-13-19-10-4-5-11-21-19/h2-5,7-8,10-11,18H,6,9,12-15H2,1H3,(H,22,24). The molecule has 3 rings (SSSR count). The van der Waals surface area contributed by atoms with Crippen molar-refractivity contribution in [3.8, 4) is 0 Å². The Bertz CT molecular complexity index is 672. The number of rotatable bonds is 5. The number of hydrogen-bond donors (Lipinski definition) is 1. The summed E-state index contributed by atoms with van der Waals surface area (Å²) in [5.41, 5.74) is 3.57. The smallest absolute Gasteiger partial charge is 0.224 e. The Kier molecular flexibility index (Phi) is 5.59. The molecule has 0 spiro atoms. The van der Waals surface area contributed by atoms with E-state index in [-0.39, 0.29) is 11.8 Å². The van der Waals surface area contributed by atoms with Crippen LogP contribution in [-0.4, -0.2) is 28.9 Å². The first-order valence-corrected chi connectivity index (χ1v) is 8.67. The quantitative estimate of drug-likeness (QED) is 0.920. The topological polar surface area (TPSA) is 45.2 Å². The summed E-state index contributed by atoms with van der Waals surface area (Å²) < 4.78 is 0. The molecule has 0 bridgehead atoms. The van der Waals surface area contributed by atoms with Gasteiger partial charge in [-0.3, -0.25) is 14.7 Å². The van der Waals surface area contributed by atoms with Crippen LogP contribution in [-0.2, 0) is 17.9 Å². The number of piperidine rings is 1. The third-order valence-electron chi connectivity index (χ3n) is 4.70. The van der Waals surface area contributed by atoms with Gasteiger partial charge in [-0.15, -0.1) is 0 Å². The zero-order valence-electron chi connectivity index (χ0n) is 14.2. The number of carbonyl (C=O) groups is 1. The first kappa shape index (κ1) is 16.7. The molecule has 1 unspecified atom stereocenters. The van der Waals surface area contributed by atoms with Crippen molar-refractivity contribution in [3.05, 3.63) is 65.5 Å². The Morgan fingerprint density at radius 3 is 2.88 bits per heavy atom. The molecule has 1 saturated heterocycles. The average molecular weight is 323 g/mol. The van der Waals surface area contributed by atoms with Crippen LogP contribution in [0.2, 0.25) is 0 Å². The van der Waals surface area contributed by atoms with Crippen LogP contribution in [0, 0.1) is 12.8 Å². The minimum absolute atomic E-state index is 0.0754. The lowest BCUT2D eigenvalue weighted by molar-refractivity contribution is -0.127. The van der Waals surface area contributed by atoms with Gasteiger partial charge >= 0.3 is 0 Å². The van der Waals surface area contributed by atoms with Gasteiger partial charge in [0.2, 0.25) is 5.91 Å². The first-order chi connectivity index (χ1) is 11.7. The van der Waals surface area contributed by atoms with Gasteiger partial charge < -0.3 is 5.32 Å². The number of benzene rings is 1. The van der Waals surface area contributed by atoms with Crippen molar-refractivity contribution < 1.29 is 4.79 Å². The lowest BCUT2D eigenvalue weighted by Crippen LogP contribution is -2.42. The molecule has 1 amide bonds. The number of aryl methyl sites for hydroxylation is 1. The molecule has 1 N–H and O–H groups in total. The molecule has 126 valence electrons. The van der Waals surface area contributed by atoms with E-state index in [9.17, 15) is 4.79 Å². The summed E-state index contributed by atoms with van der Waals surface area (Å²) in [6.07, 6.45) is 3.80. The maximum absolute atomic E-state index is 12.5. The highest BCUT2D eigenvalue weighted by Crippen LogP contribution is 2.20. The Balaban J connectivity index is 1.53. The molecule has 1 atom stereocenters. The fraction of sp³-hybridized carbons (Fsp3) is 0.400. The molecule has 0 aliphatic carbocycles. The second-order valence-corrected chi connectivity index (χ2v) is 6.54. The average Bonchev–Trinajstić information content (AvgIpc) is 2.63. The van der Waals surface area contributed by atoms with E-state index in [1.165, 1.54) is 11.1 Å². The van der Waals surface area contributed by atoms with E-state index in [0.29, 0.717) is 6.54 Å². The predicted molar refractivity (Wildman–Crippen MR) is 95.3 cm³/mol. The summed E-state index contributed by atoms with van der Waals surface area (Å²) in [6, 6.07) is 14.3. The maximum Gasteiger partial charge on any atom is 0.224 e. The van der Waals surface area contributed by atoms with Gasteiger partial charge in [-0.1, -0.05) is 30.3 Å². The van der Waals surface area contributed by atoms with E-state index in [0.717, 1.165) is 38.2 Å². The second kappa shape index (κ2) is 8.06. The summed E-state index contributed by atoms with van der Waals surface area (Å²) >= 11 is 0. The summed E-state index contributed by atoms with van der Waals surface area (Å²) in [5.74, 6) is 0.224. The monoisotopic (exact) mass is 323 g/mol. The summed E-state index contributed by atoms with van der Waals surface area (Å²) in [7, 11) is 0. The second-order valence-electron chi connectivity index (χ2n) is 6.54. The molecule has 2 heterocycles. The zero-order chi connectivity index (χ0) is 16.8. The van der Waals surface area contributed by atoms with Gasteiger partial charge in [0.1, 0.15) is 0 Å². The van der Waals surface area contributed by atoms with E-state index in [1.807, 2.05) is 18.2 Å². The van der Waals surface area contributed by atoms with Crippen LogP contribution in [0.5, 0.6) is 0 Å². The Hall–Kier alpha value is -2.20. The van der Waals surface area contributed by atoms with E-state index in [1.54, 1.807) is 6.20 Å². The van der Waals surface area contributed by atoms with Crippen LogP contribution >= 0.6 is 0 Å². The third-order valence-corrected chi connectivity index (χ3v) is 4.70. The largest absolute Gasteiger partial charge is 0.350 e. The van der Waals surface area contributed by atoms with Crippen molar-refractivity contribution in [2.45, 2.75) is 32.9 Å². The van der Waals surface area contributed by atoms with Gasteiger partial charge in [-0.05, 0) is 49.6 Å². The minimum Gasteiger partial charge on any atom is -0.350 e. The van der Waals surface area contributed by atoms with Gasteiger partial charge in [0.05, 0.1) is 18.2 Å². The first-order valence-electron chi connectivity index (χ1n) is 8.67. The van der Waals surface area contributed by atoms with Crippen LogP contribution in [0.3, 0.4) is 0 Å². The molecule has 4 nitrogen and oxygen atoms in total. The molecule has 1 aromatic heterocycles. The van der Waals surface area contributed by atoms with Crippen LogP contribution in [0.1, 0.15) is 29.7 Å². The number of hydrogen-bond acceptors (Lipinski definition) is 3. The highest BCUT2D eigenvalue weighted by Gasteiger charge is 2.25. The van der Waals surface area contributed by atoms with Crippen molar-refractivity contribution >= 4 is 5.91 Å². The Morgan fingerprint density at radius 1 is 1.25 bits per heavy atom. The number of nitrogens with one attached hydrogen (secondary N) is 1. The molecule has 1 fully saturated rings. The summed E-state index contributed by atoms with van der Waals surface area (Å²) in [4.78, 5) is 19.1. The third kappa shape index (κ3) is 4.42. The number of pyridine rings is 1. The minimum atomic E-state index is 0.0754. The van der Waals surface area contributed by atoms with Crippen LogP contribution in [0.4, 0.5) is 0 Å². The Morgan fingerprint density at radius 2 is 2.08 bits per heavy atom. The molecular weight excluding hydrogens is 298 g/mol. The fourth-order valence-electron chi connectivity index (χ4n) is 3.27. The molecule has 24 heavy (non-hydrogen) atoms. The number of nitrogens with zero attached hydrogens (tertiary/aromatic N) is 2. The van der Waals surface area contributed by atoms with Gasteiger partial charge in [0.15, 0.2) is 0 Å². The number of carbonyl (C=O) groups excluding carboxylic acids is 1. The molecule has 1 aromatic carbocycles. The van der Waals surface area contributed by atoms with Gasteiger partial charge in [0, 0.05) is 19.3 Å². The molecule has 0 radical (unpaired) electrons. The van der Waals surface area contributed by atoms with E-state index >= 15 is 0 Å². The highest BCUT2D eigenvalue weighted by atomic mass is 16.1. The highest BCUT2D eigenvalue weighted by molar-refractivity contribution is 5.78. The summed E-state index contributed by atoms with van der Waals surface area (Å²) in [5, 5.41) is 3.04. The molecular formula is C20H25N3O. The lowest BCUT2D eigenvalue weighted by atomic mass is 9.96. The SMILES string of the molecule is Cc1ccccc1CN1CCCC(C(=O)NCc2ccccn2)C1. The normalized spacial score (nSPS) is 18.3. The van der Waals surface area contributed by atoms with E-state index in [4.69, 9.17) is 0 Å². The lowest BCUT2D eigenvalue weighted by Gasteiger charge is -2.32. The molecule has 1 aliphatic rings.